The summed E-state index contributed by atoms with van der Waals surface area (Å²) in [5, 5.41) is 0. The minimum absolute atomic E-state index is 0.0517. The van der Waals surface area contributed by atoms with Crippen LogP contribution in [-0.2, 0) is 18.3 Å². The molecule has 3 aromatic rings. The Balaban J connectivity index is 1.72. The predicted octanol–water partition coefficient (Wildman–Crippen LogP) is 5.97. The number of hydrogen-bond acceptors (Lipinski definition) is 3. The molecule has 0 N–H and O–H groups in total. The van der Waals surface area contributed by atoms with Gasteiger partial charge in [-0.15, -0.1) is 0 Å². The molecule has 0 saturated carbocycles. The second-order valence-corrected chi connectivity index (χ2v) is 9.20. The van der Waals surface area contributed by atoms with E-state index in [1.807, 2.05) is 35.2 Å². The van der Waals surface area contributed by atoms with Gasteiger partial charge in [0.15, 0.2) is 5.76 Å². The third-order valence-electron chi connectivity index (χ3n) is 5.60. The van der Waals surface area contributed by atoms with Gasteiger partial charge in [-0.05, 0) is 59.7 Å². The summed E-state index contributed by atoms with van der Waals surface area (Å²) in [5.41, 5.74) is 4.87. The Labute approximate surface area is 186 Å². The van der Waals surface area contributed by atoms with Gasteiger partial charge >= 0.3 is 0 Å². The molecule has 4 nitrogen and oxygen atoms in total. The van der Waals surface area contributed by atoms with Crippen LogP contribution in [0.1, 0.15) is 72.8 Å². The molecule has 0 unspecified atom stereocenters. The Kier molecular flexibility index (Phi) is 7.32. The van der Waals surface area contributed by atoms with E-state index in [9.17, 15) is 4.79 Å². The molecule has 0 spiro atoms. The average molecular weight is 419 g/mol. The van der Waals surface area contributed by atoms with Gasteiger partial charge in [0.05, 0.1) is 0 Å². The molecule has 31 heavy (non-hydrogen) atoms. The number of carbonyl (C=O) groups excluding carboxylic acids is 1. The molecule has 1 aromatic carbocycles. The summed E-state index contributed by atoms with van der Waals surface area (Å²) in [4.78, 5) is 19.3. The van der Waals surface area contributed by atoms with E-state index in [0.29, 0.717) is 25.3 Å². The molecule has 3 rings (SSSR count). The first-order chi connectivity index (χ1) is 14.8. The first kappa shape index (κ1) is 22.8. The van der Waals surface area contributed by atoms with Crippen molar-refractivity contribution in [3.63, 3.8) is 0 Å². The molecular weight excluding hydrogens is 384 g/mol. The minimum atomic E-state index is -0.0517. The summed E-state index contributed by atoms with van der Waals surface area (Å²) < 4.78 is 6.00. The highest BCUT2D eigenvalue weighted by atomic mass is 16.4. The molecule has 1 amide bonds. The number of aryl methyl sites for hydroxylation is 1. The van der Waals surface area contributed by atoms with Gasteiger partial charge in [0, 0.05) is 37.8 Å². The van der Waals surface area contributed by atoms with Crippen molar-refractivity contribution in [1.82, 2.24) is 9.88 Å². The summed E-state index contributed by atoms with van der Waals surface area (Å²) in [6.45, 7) is 12.2. The lowest BCUT2D eigenvalue weighted by atomic mass is 9.85. The van der Waals surface area contributed by atoms with Crippen molar-refractivity contribution < 1.29 is 9.21 Å². The molecule has 0 bridgehead atoms. The van der Waals surface area contributed by atoms with Gasteiger partial charge < -0.3 is 9.32 Å². The Morgan fingerprint density at radius 2 is 1.87 bits per heavy atom. The van der Waals surface area contributed by atoms with Crippen molar-refractivity contribution >= 4 is 5.91 Å². The third-order valence-corrected chi connectivity index (χ3v) is 5.60. The van der Waals surface area contributed by atoms with E-state index in [-0.39, 0.29) is 11.3 Å². The predicted molar refractivity (Wildman–Crippen MR) is 126 cm³/mol. The molecule has 4 heteroatoms. The zero-order chi connectivity index (χ0) is 22.4. The highest BCUT2D eigenvalue weighted by Gasteiger charge is 2.20. The summed E-state index contributed by atoms with van der Waals surface area (Å²) >= 11 is 0. The molecule has 0 aliphatic carbocycles. The number of rotatable bonds is 8. The van der Waals surface area contributed by atoms with Crippen molar-refractivity contribution in [3.05, 3.63) is 88.6 Å². The van der Waals surface area contributed by atoms with Crippen LogP contribution >= 0.6 is 0 Å². The maximum absolute atomic E-state index is 13.1. The van der Waals surface area contributed by atoms with E-state index >= 15 is 0 Å². The van der Waals surface area contributed by atoms with Crippen LogP contribution in [0.5, 0.6) is 0 Å². The highest BCUT2D eigenvalue weighted by molar-refractivity contribution is 5.91. The molecule has 0 radical (unpaired) electrons. The summed E-state index contributed by atoms with van der Waals surface area (Å²) in [6.07, 6.45) is 4.11. The van der Waals surface area contributed by atoms with Crippen LogP contribution in [0.3, 0.4) is 0 Å². The Bertz CT molecular complexity index is 1000. The lowest BCUT2D eigenvalue weighted by molar-refractivity contribution is 0.0723. The van der Waals surface area contributed by atoms with E-state index in [1.54, 1.807) is 6.20 Å². The van der Waals surface area contributed by atoms with Gasteiger partial charge in [0.2, 0.25) is 0 Å². The van der Waals surface area contributed by atoms with Crippen LogP contribution in [0.4, 0.5) is 0 Å². The number of pyridine rings is 1. The van der Waals surface area contributed by atoms with E-state index in [0.717, 1.165) is 24.3 Å². The monoisotopic (exact) mass is 418 g/mol. The maximum Gasteiger partial charge on any atom is 0.289 e. The molecule has 0 atom stereocenters. The molecule has 2 heterocycles. The standard InChI is InChI=1S/C27H34N2O2/c1-6-16-29(17-14-23-9-7-8-15-28-23)26(30)25-13-12-24(31-25)19-21-18-22(27(3,4)5)11-10-20(21)2/h7-13,15,18H,6,14,16-17,19H2,1-5H3. The fourth-order valence-corrected chi connectivity index (χ4v) is 3.64. The normalized spacial score (nSPS) is 11.5. The molecule has 0 aliphatic heterocycles. The molecule has 0 fully saturated rings. The Morgan fingerprint density at radius 1 is 1.06 bits per heavy atom. The number of aromatic nitrogens is 1. The number of furan rings is 1. The van der Waals surface area contributed by atoms with Crippen LogP contribution in [-0.4, -0.2) is 28.9 Å². The van der Waals surface area contributed by atoms with Crippen LogP contribution < -0.4 is 0 Å². The Hall–Kier alpha value is -2.88. The van der Waals surface area contributed by atoms with Crippen molar-refractivity contribution in [2.45, 2.75) is 59.3 Å². The maximum atomic E-state index is 13.1. The quantitative estimate of drug-likeness (QED) is 0.453. The Morgan fingerprint density at radius 3 is 2.55 bits per heavy atom. The van der Waals surface area contributed by atoms with E-state index in [1.165, 1.54) is 16.7 Å². The van der Waals surface area contributed by atoms with Gasteiger partial charge in [0.25, 0.3) is 5.91 Å². The topological polar surface area (TPSA) is 46.3 Å². The van der Waals surface area contributed by atoms with E-state index in [2.05, 4.69) is 57.8 Å². The number of hydrogen-bond donors (Lipinski definition) is 0. The highest BCUT2D eigenvalue weighted by Crippen LogP contribution is 2.26. The summed E-state index contributed by atoms with van der Waals surface area (Å²) in [5.74, 6) is 1.18. The molecule has 0 aliphatic rings. The molecule has 164 valence electrons. The summed E-state index contributed by atoms with van der Waals surface area (Å²) in [6, 6.07) is 16.2. The van der Waals surface area contributed by atoms with Gasteiger partial charge in [-0.2, -0.15) is 0 Å². The van der Waals surface area contributed by atoms with Gasteiger partial charge in [-0.3, -0.25) is 9.78 Å². The molecule has 0 saturated heterocycles. The second-order valence-electron chi connectivity index (χ2n) is 9.20. The van der Waals surface area contributed by atoms with Crippen molar-refractivity contribution in [2.75, 3.05) is 13.1 Å². The van der Waals surface area contributed by atoms with Gasteiger partial charge in [-0.1, -0.05) is 52.0 Å². The number of amides is 1. The smallest absolute Gasteiger partial charge is 0.289 e. The zero-order valence-electron chi connectivity index (χ0n) is 19.4. The van der Waals surface area contributed by atoms with Crippen molar-refractivity contribution in [2.24, 2.45) is 0 Å². The van der Waals surface area contributed by atoms with Crippen LogP contribution in [0.2, 0.25) is 0 Å². The van der Waals surface area contributed by atoms with E-state index in [4.69, 9.17) is 4.42 Å². The van der Waals surface area contributed by atoms with Crippen molar-refractivity contribution in [1.29, 1.82) is 0 Å². The van der Waals surface area contributed by atoms with Crippen LogP contribution in [0.25, 0.3) is 0 Å². The fourth-order valence-electron chi connectivity index (χ4n) is 3.64. The van der Waals surface area contributed by atoms with Crippen LogP contribution in [0, 0.1) is 6.92 Å². The van der Waals surface area contributed by atoms with Crippen LogP contribution in [0.15, 0.2) is 59.1 Å². The van der Waals surface area contributed by atoms with Gasteiger partial charge in [-0.25, -0.2) is 0 Å². The number of benzene rings is 1. The average Bonchev–Trinajstić information content (AvgIpc) is 3.20. The lowest BCUT2D eigenvalue weighted by Gasteiger charge is -2.21. The number of nitrogens with zero attached hydrogens (tertiary/aromatic N) is 2. The fraction of sp³-hybridized carbons (Fsp3) is 0.407. The third kappa shape index (κ3) is 6.06. The summed E-state index contributed by atoms with van der Waals surface area (Å²) in [7, 11) is 0. The van der Waals surface area contributed by atoms with Crippen molar-refractivity contribution in [3.8, 4) is 0 Å². The minimum Gasteiger partial charge on any atom is -0.456 e. The zero-order valence-corrected chi connectivity index (χ0v) is 19.4. The lowest BCUT2D eigenvalue weighted by Crippen LogP contribution is -2.33. The second kappa shape index (κ2) is 9.95. The number of carbonyl (C=O) groups is 1. The first-order valence-corrected chi connectivity index (χ1v) is 11.2. The largest absolute Gasteiger partial charge is 0.456 e. The molecular formula is C27H34N2O2. The van der Waals surface area contributed by atoms with Gasteiger partial charge in [0.1, 0.15) is 5.76 Å². The van der Waals surface area contributed by atoms with E-state index < -0.39 is 0 Å². The first-order valence-electron chi connectivity index (χ1n) is 11.2. The molecule has 2 aromatic heterocycles. The SMILES string of the molecule is CCCN(CCc1ccccn1)C(=O)c1ccc(Cc2cc(C(C)(C)C)ccc2C)o1.